The summed E-state index contributed by atoms with van der Waals surface area (Å²) < 4.78 is 4.92. The lowest BCUT2D eigenvalue weighted by Crippen LogP contribution is -2.44. The molecule has 0 aromatic heterocycles. The maximum Gasteiger partial charge on any atom is 0.410 e. The number of hydrogen-bond acceptors (Lipinski definition) is 3. The number of rotatable bonds is 3. The van der Waals surface area contributed by atoms with E-state index in [1.54, 1.807) is 4.90 Å². The Kier molecular flexibility index (Phi) is 4.15. The number of amidine groups is 1. The molecule has 1 amide bonds. The van der Waals surface area contributed by atoms with Gasteiger partial charge in [-0.2, -0.15) is 0 Å². The Labute approximate surface area is 89.4 Å². The van der Waals surface area contributed by atoms with E-state index in [0.717, 1.165) is 12.8 Å². The second kappa shape index (κ2) is 5.38. The summed E-state index contributed by atoms with van der Waals surface area (Å²) in [7, 11) is 0. The number of nitrogens with zero attached hydrogens (tertiary/aromatic N) is 1. The third kappa shape index (κ3) is 3.27. The van der Waals surface area contributed by atoms with Gasteiger partial charge in [-0.3, -0.25) is 5.41 Å². The number of carbonyl (C=O) groups excluding carboxylic acids is 1. The van der Waals surface area contributed by atoms with Gasteiger partial charge in [0.2, 0.25) is 0 Å². The molecule has 1 fully saturated rings. The topological polar surface area (TPSA) is 79.4 Å². The molecule has 5 nitrogen and oxygen atoms in total. The van der Waals surface area contributed by atoms with Gasteiger partial charge in [-0.15, -0.1) is 0 Å². The van der Waals surface area contributed by atoms with Crippen molar-refractivity contribution in [3.63, 3.8) is 0 Å². The van der Waals surface area contributed by atoms with Gasteiger partial charge in [-0.05, 0) is 12.8 Å². The van der Waals surface area contributed by atoms with Crippen molar-refractivity contribution in [3.8, 4) is 0 Å². The zero-order valence-electron chi connectivity index (χ0n) is 8.74. The van der Waals surface area contributed by atoms with Crippen molar-refractivity contribution in [2.45, 2.75) is 12.8 Å². The normalized spacial score (nSPS) is 20.8. The Bertz CT molecular complexity index is 265. The van der Waals surface area contributed by atoms with Crippen LogP contribution >= 0.6 is 0 Å². The van der Waals surface area contributed by atoms with Crippen molar-refractivity contribution in [3.05, 3.63) is 12.7 Å². The van der Waals surface area contributed by atoms with Crippen molar-refractivity contribution in [1.29, 1.82) is 5.41 Å². The van der Waals surface area contributed by atoms with E-state index in [2.05, 4.69) is 6.58 Å². The van der Waals surface area contributed by atoms with Crippen LogP contribution in [0.1, 0.15) is 12.8 Å². The first-order valence-corrected chi connectivity index (χ1v) is 5.01. The summed E-state index contributed by atoms with van der Waals surface area (Å²) in [6.45, 7) is 4.87. The molecular formula is C10H17N3O2. The number of nitrogens with one attached hydrogen (secondary N) is 1. The van der Waals surface area contributed by atoms with Crippen LogP contribution in [0, 0.1) is 11.3 Å². The molecule has 1 aliphatic heterocycles. The molecule has 1 heterocycles. The van der Waals surface area contributed by atoms with Gasteiger partial charge in [0.15, 0.2) is 0 Å². The number of carbonyl (C=O) groups is 1. The van der Waals surface area contributed by atoms with Gasteiger partial charge in [0.1, 0.15) is 6.61 Å². The molecule has 1 aliphatic rings. The van der Waals surface area contributed by atoms with Crippen LogP contribution in [-0.2, 0) is 4.74 Å². The smallest absolute Gasteiger partial charge is 0.410 e. The van der Waals surface area contributed by atoms with Gasteiger partial charge in [0.25, 0.3) is 0 Å². The minimum atomic E-state index is -0.346. The second-order valence-corrected chi connectivity index (χ2v) is 3.61. The third-order valence-electron chi connectivity index (χ3n) is 2.44. The summed E-state index contributed by atoms with van der Waals surface area (Å²) >= 11 is 0. The van der Waals surface area contributed by atoms with Crippen molar-refractivity contribution in [2.24, 2.45) is 11.7 Å². The number of hydrogen-bond donors (Lipinski definition) is 2. The quantitative estimate of drug-likeness (QED) is 0.414. The van der Waals surface area contributed by atoms with Crippen molar-refractivity contribution in [1.82, 2.24) is 4.90 Å². The lowest BCUT2D eigenvalue weighted by Gasteiger charge is -2.31. The van der Waals surface area contributed by atoms with E-state index >= 15 is 0 Å². The van der Waals surface area contributed by atoms with Crippen molar-refractivity contribution in [2.75, 3.05) is 19.7 Å². The van der Waals surface area contributed by atoms with Gasteiger partial charge in [-0.1, -0.05) is 12.7 Å². The fourth-order valence-electron chi connectivity index (χ4n) is 1.62. The Morgan fingerprint density at radius 3 is 3.07 bits per heavy atom. The van der Waals surface area contributed by atoms with Crippen molar-refractivity contribution < 1.29 is 9.53 Å². The number of likely N-dealkylation sites (tertiary alicyclic amines) is 1. The van der Waals surface area contributed by atoms with Crippen LogP contribution in [0.25, 0.3) is 0 Å². The second-order valence-electron chi connectivity index (χ2n) is 3.61. The van der Waals surface area contributed by atoms with Crippen molar-refractivity contribution >= 4 is 11.9 Å². The molecule has 0 aromatic rings. The summed E-state index contributed by atoms with van der Waals surface area (Å²) in [5, 5.41) is 7.34. The summed E-state index contributed by atoms with van der Waals surface area (Å²) in [6, 6.07) is 0. The average Bonchev–Trinajstić information content (AvgIpc) is 2.26. The van der Waals surface area contributed by atoms with E-state index < -0.39 is 0 Å². The maximum absolute atomic E-state index is 11.5. The van der Waals surface area contributed by atoms with E-state index in [0.29, 0.717) is 13.1 Å². The van der Waals surface area contributed by atoms with E-state index in [9.17, 15) is 4.79 Å². The van der Waals surface area contributed by atoms with Crippen LogP contribution in [0.5, 0.6) is 0 Å². The highest BCUT2D eigenvalue weighted by Crippen LogP contribution is 2.16. The van der Waals surface area contributed by atoms with Crippen LogP contribution in [0.3, 0.4) is 0 Å². The fourth-order valence-corrected chi connectivity index (χ4v) is 1.62. The Morgan fingerprint density at radius 2 is 2.47 bits per heavy atom. The summed E-state index contributed by atoms with van der Waals surface area (Å²) in [5.74, 6) is 0.131. The summed E-state index contributed by atoms with van der Waals surface area (Å²) in [6.07, 6.45) is 2.93. The van der Waals surface area contributed by atoms with Crippen LogP contribution < -0.4 is 5.73 Å². The largest absolute Gasteiger partial charge is 0.445 e. The zero-order chi connectivity index (χ0) is 11.3. The van der Waals surface area contributed by atoms with Crippen LogP contribution in [-0.4, -0.2) is 36.5 Å². The predicted octanol–water partition coefficient (Wildman–Crippen LogP) is 0.957. The van der Waals surface area contributed by atoms with Gasteiger partial charge in [0.05, 0.1) is 5.84 Å². The van der Waals surface area contributed by atoms with Gasteiger partial charge >= 0.3 is 6.09 Å². The predicted molar refractivity (Wildman–Crippen MR) is 57.8 cm³/mol. The Balaban J connectivity index is 2.44. The summed E-state index contributed by atoms with van der Waals surface area (Å²) in [4.78, 5) is 13.1. The zero-order valence-corrected chi connectivity index (χ0v) is 8.74. The minimum Gasteiger partial charge on any atom is -0.445 e. The highest BCUT2D eigenvalue weighted by atomic mass is 16.6. The number of amides is 1. The first-order chi connectivity index (χ1) is 7.15. The third-order valence-corrected chi connectivity index (χ3v) is 2.44. The van der Waals surface area contributed by atoms with E-state index in [1.807, 2.05) is 0 Å². The molecule has 1 saturated heterocycles. The van der Waals surface area contributed by atoms with Gasteiger partial charge < -0.3 is 15.4 Å². The molecule has 1 unspecified atom stereocenters. The first-order valence-electron chi connectivity index (χ1n) is 5.01. The van der Waals surface area contributed by atoms with Crippen LogP contribution in [0.15, 0.2) is 12.7 Å². The monoisotopic (exact) mass is 211 g/mol. The lowest BCUT2D eigenvalue weighted by atomic mass is 9.97. The molecule has 3 N–H and O–H groups in total. The highest BCUT2D eigenvalue weighted by molar-refractivity contribution is 5.80. The number of ether oxygens (including phenoxy) is 1. The molecule has 1 atom stereocenters. The Morgan fingerprint density at radius 1 is 1.73 bits per heavy atom. The van der Waals surface area contributed by atoms with Crippen LogP contribution in [0.2, 0.25) is 0 Å². The molecule has 0 radical (unpaired) electrons. The first kappa shape index (κ1) is 11.6. The molecule has 1 rings (SSSR count). The number of nitrogens with two attached hydrogens (primary N) is 1. The molecule has 0 saturated carbocycles. The molecule has 0 spiro atoms. The van der Waals surface area contributed by atoms with E-state index in [1.165, 1.54) is 6.08 Å². The lowest BCUT2D eigenvalue weighted by molar-refractivity contribution is 0.0994. The van der Waals surface area contributed by atoms with Gasteiger partial charge in [0, 0.05) is 19.0 Å². The SMILES string of the molecule is C=CCOC(=O)N1CCCC(C(=N)N)C1. The standard InChI is InChI=1S/C10H17N3O2/c1-2-6-15-10(14)13-5-3-4-8(7-13)9(11)12/h2,8H,1,3-7H2,(H3,11,12). The molecule has 84 valence electrons. The molecule has 5 heteroatoms. The van der Waals surface area contributed by atoms with Gasteiger partial charge in [-0.25, -0.2) is 4.79 Å². The molecular weight excluding hydrogens is 194 g/mol. The maximum atomic E-state index is 11.5. The minimum absolute atomic E-state index is 0.0185. The summed E-state index contributed by atoms with van der Waals surface area (Å²) in [5.41, 5.74) is 5.42. The Hall–Kier alpha value is -1.52. The fraction of sp³-hybridized carbons (Fsp3) is 0.600. The number of piperidine rings is 1. The van der Waals surface area contributed by atoms with Crippen LogP contribution in [0.4, 0.5) is 4.79 Å². The highest BCUT2D eigenvalue weighted by Gasteiger charge is 2.25. The molecule has 15 heavy (non-hydrogen) atoms. The van der Waals surface area contributed by atoms with E-state index in [-0.39, 0.29) is 24.5 Å². The average molecular weight is 211 g/mol. The molecule has 0 bridgehead atoms. The molecule has 0 aromatic carbocycles. The van der Waals surface area contributed by atoms with E-state index in [4.69, 9.17) is 15.9 Å². The molecule has 0 aliphatic carbocycles.